The van der Waals surface area contributed by atoms with Crippen LogP contribution in [0.2, 0.25) is 0 Å². The van der Waals surface area contributed by atoms with Crippen molar-refractivity contribution in [3.05, 3.63) is 0 Å². The molecular weight excluding hydrogens is 180 g/mol. The van der Waals surface area contributed by atoms with Gasteiger partial charge in [0.2, 0.25) is 5.91 Å². The van der Waals surface area contributed by atoms with E-state index in [0.29, 0.717) is 0 Å². The van der Waals surface area contributed by atoms with Gasteiger partial charge in [0.25, 0.3) is 0 Å². The predicted octanol–water partition coefficient (Wildman–Crippen LogP) is -2.01. The normalized spacial score (nSPS) is 12.0. The Balaban J connectivity index is 4.02. The molecule has 0 saturated carbocycles. The van der Waals surface area contributed by atoms with Gasteiger partial charge in [-0.2, -0.15) is 0 Å². The number of aliphatic carboxylic acids is 2. The van der Waals surface area contributed by atoms with E-state index in [1.54, 1.807) is 0 Å². The van der Waals surface area contributed by atoms with Crippen LogP contribution in [0, 0.1) is 0 Å². The van der Waals surface area contributed by atoms with Crippen molar-refractivity contribution in [2.24, 2.45) is 5.73 Å². The summed E-state index contributed by atoms with van der Waals surface area (Å²) in [7, 11) is 0. The Kier molecular flexibility index (Phi) is 4.45. The van der Waals surface area contributed by atoms with Gasteiger partial charge in [-0.05, 0) is 0 Å². The SMILES string of the molecule is NC(=O)C[C@H](NCC(=O)O)C(=O)O. The standard InChI is InChI=1S/C6H10N2O5/c7-4(9)1-3(6(12)13)8-2-5(10)11/h3,8H,1-2H2,(H2,7,9)(H,10,11)(H,12,13)/t3-/m0/s1. The van der Waals surface area contributed by atoms with Crippen molar-refractivity contribution in [1.29, 1.82) is 0 Å². The number of primary amides is 1. The van der Waals surface area contributed by atoms with E-state index in [1.807, 2.05) is 0 Å². The lowest BCUT2D eigenvalue weighted by Gasteiger charge is -2.09. The van der Waals surface area contributed by atoms with Gasteiger partial charge in [0.1, 0.15) is 6.04 Å². The van der Waals surface area contributed by atoms with Gasteiger partial charge in [0.05, 0.1) is 13.0 Å². The molecule has 0 aromatic rings. The Labute approximate surface area is 73.5 Å². The molecule has 1 amide bonds. The highest BCUT2D eigenvalue weighted by molar-refractivity contribution is 5.83. The Morgan fingerprint density at radius 3 is 2.15 bits per heavy atom. The van der Waals surface area contributed by atoms with Crippen LogP contribution in [-0.4, -0.2) is 40.6 Å². The smallest absolute Gasteiger partial charge is 0.321 e. The molecule has 7 heteroatoms. The van der Waals surface area contributed by atoms with E-state index in [2.05, 4.69) is 5.32 Å². The number of nitrogens with one attached hydrogen (secondary N) is 1. The Morgan fingerprint density at radius 2 is 1.85 bits per heavy atom. The van der Waals surface area contributed by atoms with Gasteiger partial charge in [-0.1, -0.05) is 0 Å². The zero-order chi connectivity index (χ0) is 10.4. The number of carbonyl (C=O) groups is 3. The van der Waals surface area contributed by atoms with Gasteiger partial charge in [-0.25, -0.2) is 0 Å². The van der Waals surface area contributed by atoms with Crippen molar-refractivity contribution < 1.29 is 24.6 Å². The highest BCUT2D eigenvalue weighted by atomic mass is 16.4. The van der Waals surface area contributed by atoms with Crippen LogP contribution in [0.15, 0.2) is 0 Å². The Bertz CT molecular complexity index is 227. The molecule has 0 bridgehead atoms. The maximum absolute atomic E-state index is 10.4. The molecule has 0 heterocycles. The molecule has 0 aromatic carbocycles. The highest BCUT2D eigenvalue weighted by Crippen LogP contribution is 1.90. The number of carbonyl (C=O) groups excluding carboxylic acids is 1. The molecule has 5 N–H and O–H groups in total. The van der Waals surface area contributed by atoms with Crippen LogP contribution in [0.4, 0.5) is 0 Å². The van der Waals surface area contributed by atoms with Gasteiger partial charge >= 0.3 is 11.9 Å². The van der Waals surface area contributed by atoms with Crippen LogP contribution in [0.1, 0.15) is 6.42 Å². The van der Waals surface area contributed by atoms with Gasteiger partial charge in [0.15, 0.2) is 0 Å². The summed E-state index contributed by atoms with van der Waals surface area (Å²) in [5, 5.41) is 18.8. The number of nitrogens with two attached hydrogens (primary N) is 1. The third kappa shape index (κ3) is 5.62. The first-order valence-corrected chi connectivity index (χ1v) is 3.39. The third-order valence-electron chi connectivity index (χ3n) is 1.20. The molecule has 0 fully saturated rings. The molecule has 7 nitrogen and oxygen atoms in total. The number of rotatable bonds is 6. The second-order valence-corrected chi connectivity index (χ2v) is 2.34. The molecule has 74 valence electrons. The molecule has 1 atom stereocenters. The Hall–Kier alpha value is -1.63. The van der Waals surface area contributed by atoms with Crippen molar-refractivity contribution in [1.82, 2.24) is 5.32 Å². The highest BCUT2D eigenvalue weighted by Gasteiger charge is 2.19. The molecule has 0 radical (unpaired) electrons. The lowest BCUT2D eigenvalue weighted by atomic mass is 10.2. The largest absolute Gasteiger partial charge is 0.480 e. The summed E-state index contributed by atoms with van der Waals surface area (Å²) < 4.78 is 0. The molecule has 0 saturated heterocycles. The van der Waals surface area contributed by atoms with E-state index < -0.39 is 36.9 Å². The lowest BCUT2D eigenvalue weighted by molar-refractivity contribution is -0.142. The minimum absolute atomic E-state index is 0.428. The van der Waals surface area contributed by atoms with E-state index in [9.17, 15) is 14.4 Å². The van der Waals surface area contributed by atoms with E-state index >= 15 is 0 Å². The number of carboxylic acid groups (broad SMARTS) is 2. The van der Waals surface area contributed by atoms with Crippen molar-refractivity contribution >= 4 is 17.8 Å². The first-order chi connectivity index (χ1) is 5.93. The van der Waals surface area contributed by atoms with Crippen molar-refractivity contribution in [3.8, 4) is 0 Å². The zero-order valence-electron chi connectivity index (χ0n) is 6.69. The molecule has 0 spiro atoms. The summed E-state index contributed by atoms with van der Waals surface area (Å²) in [4.78, 5) is 30.8. The molecule has 0 unspecified atom stereocenters. The van der Waals surface area contributed by atoms with Crippen LogP contribution < -0.4 is 11.1 Å². The van der Waals surface area contributed by atoms with Gasteiger partial charge in [-0.3, -0.25) is 19.7 Å². The number of carboxylic acids is 2. The number of hydrogen-bond acceptors (Lipinski definition) is 4. The van der Waals surface area contributed by atoms with E-state index in [0.717, 1.165) is 0 Å². The second-order valence-electron chi connectivity index (χ2n) is 2.34. The first kappa shape index (κ1) is 11.4. The fraction of sp³-hybridized carbons (Fsp3) is 0.500. The minimum Gasteiger partial charge on any atom is -0.480 e. The number of amides is 1. The monoisotopic (exact) mass is 190 g/mol. The molecule has 0 aliphatic rings. The van der Waals surface area contributed by atoms with Crippen LogP contribution in [0.25, 0.3) is 0 Å². The van der Waals surface area contributed by atoms with Crippen molar-refractivity contribution in [3.63, 3.8) is 0 Å². The quantitative estimate of drug-likeness (QED) is 0.383. The van der Waals surface area contributed by atoms with E-state index in [-0.39, 0.29) is 0 Å². The fourth-order valence-corrected chi connectivity index (χ4v) is 0.658. The Morgan fingerprint density at radius 1 is 1.31 bits per heavy atom. The fourth-order valence-electron chi connectivity index (χ4n) is 0.658. The van der Waals surface area contributed by atoms with E-state index in [4.69, 9.17) is 15.9 Å². The maximum atomic E-state index is 10.4. The van der Waals surface area contributed by atoms with E-state index in [1.165, 1.54) is 0 Å². The van der Waals surface area contributed by atoms with Gasteiger partial charge in [-0.15, -0.1) is 0 Å². The third-order valence-corrected chi connectivity index (χ3v) is 1.20. The molecule has 0 aliphatic heterocycles. The zero-order valence-corrected chi connectivity index (χ0v) is 6.69. The van der Waals surface area contributed by atoms with Gasteiger partial charge in [0, 0.05) is 0 Å². The van der Waals surface area contributed by atoms with Crippen molar-refractivity contribution in [2.75, 3.05) is 6.54 Å². The summed E-state index contributed by atoms with van der Waals surface area (Å²) in [5.41, 5.74) is 4.75. The lowest BCUT2D eigenvalue weighted by Crippen LogP contribution is -2.42. The van der Waals surface area contributed by atoms with Crippen LogP contribution >= 0.6 is 0 Å². The summed E-state index contributed by atoms with van der Waals surface area (Å²) in [6.07, 6.45) is -0.428. The maximum Gasteiger partial charge on any atom is 0.321 e. The van der Waals surface area contributed by atoms with Crippen LogP contribution in [-0.2, 0) is 14.4 Å². The first-order valence-electron chi connectivity index (χ1n) is 3.39. The summed E-state index contributed by atoms with van der Waals surface area (Å²) in [5.74, 6) is -3.30. The summed E-state index contributed by atoms with van der Waals surface area (Å²) >= 11 is 0. The van der Waals surface area contributed by atoms with Crippen LogP contribution in [0.3, 0.4) is 0 Å². The topological polar surface area (TPSA) is 130 Å². The molecule has 0 aromatic heterocycles. The average molecular weight is 190 g/mol. The minimum atomic E-state index is -1.31. The average Bonchev–Trinajstić information content (AvgIpc) is 1.96. The molecule has 0 rings (SSSR count). The second kappa shape index (κ2) is 5.09. The predicted molar refractivity (Wildman–Crippen MR) is 40.9 cm³/mol. The molecule has 0 aliphatic carbocycles. The van der Waals surface area contributed by atoms with Gasteiger partial charge < -0.3 is 15.9 Å². The van der Waals surface area contributed by atoms with Crippen LogP contribution in [0.5, 0.6) is 0 Å². The van der Waals surface area contributed by atoms with Crippen molar-refractivity contribution in [2.45, 2.75) is 12.5 Å². The number of hydrogen-bond donors (Lipinski definition) is 4. The molecular formula is C6H10N2O5. The summed E-state index contributed by atoms with van der Waals surface area (Å²) in [6, 6.07) is -1.24. The summed E-state index contributed by atoms with van der Waals surface area (Å²) in [6.45, 7) is -0.524. The molecule has 13 heavy (non-hydrogen) atoms.